The van der Waals surface area contributed by atoms with E-state index in [1.54, 1.807) is 42.7 Å². The summed E-state index contributed by atoms with van der Waals surface area (Å²) >= 11 is 11.8. The van der Waals surface area contributed by atoms with E-state index in [4.69, 9.17) is 32.4 Å². The van der Waals surface area contributed by atoms with E-state index in [1.165, 1.54) is 6.07 Å². The Labute approximate surface area is 153 Å². The maximum Gasteiger partial charge on any atom is 0.252 e. The van der Waals surface area contributed by atoms with Crippen molar-refractivity contribution in [2.45, 2.75) is 0 Å². The molecule has 0 fully saturated rings. The lowest BCUT2D eigenvalue weighted by atomic mass is 10.2. The Morgan fingerprint density at radius 2 is 2.04 bits per heavy atom. The minimum absolute atomic E-state index is 0.235. The van der Waals surface area contributed by atoms with Crippen LogP contribution in [0.3, 0.4) is 0 Å². The number of carbonyl (C=O) groups excluding carboxylic acids is 1. The summed E-state index contributed by atoms with van der Waals surface area (Å²) in [5, 5.41) is 11.4. The van der Waals surface area contributed by atoms with Gasteiger partial charge in [0, 0.05) is 11.1 Å². The van der Waals surface area contributed by atoms with Crippen LogP contribution >= 0.6 is 23.2 Å². The van der Waals surface area contributed by atoms with Crippen LogP contribution in [-0.4, -0.2) is 29.3 Å². The van der Waals surface area contributed by atoms with Crippen LogP contribution in [-0.2, 0) is 0 Å². The Morgan fingerprint density at radius 1 is 1.16 bits per heavy atom. The number of nitrogens with one attached hydrogen (secondary N) is 1. The van der Waals surface area contributed by atoms with Crippen molar-refractivity contribution < 1.29 is 13.9 Å². The van der Waals surface area contributed by atoms with E-state index < -0.39 is 0 Å². The zero-order chi connectivity index (χ0) is 17.6. The Balaban J connectivity index is 1.48. The molecule has 0 bridgehead atoms. The normalized spacial score (nSPS) is 10.5. The minimum atomic E-state index is -0.324. The molecule has 0 aliphatic rings. The van der Waals surface area contributed by atoms with Gasteiger partial charge in [0.25, 0.3) is 5.91 Å². The molecule has 2 heterocycles. The lowest BCUT2D eigenvalue weighted by molar-refractivity contribution is 0.0946. The van der Waals surface area contributed by atoms with Gasteiger partial charge in [-0.25, -0.2) is 0 Å². The van der Waals surface area contributed by atoms with Gasteiger partial charge in [-0.1, -0.05) is 23.2 Å². The van der Waals surface area contributed by atoms with Gasteiger partial charge in [-0.2, -0.15) is 0 Å². The number of nitrogens with zero attached hydrogens (tertiary/aromatic N) is 2. The molecule has 0 saturated heterocycles. The quantitative estimate of drug-likeness (QED) is 0.660. The molecule has 0 spiro atoms. The fourth-order valence-corrected chi connectivity index (χ4v) is 2.42. The summed E-state index contributed by atoms with van der Waals surface area (Å²) in [6.07, 6.45) is 1.57. The average Bonchev–Trinajstić information content (AvgIpc) is 3.16. The SMILES string of the molecule is O=C(NCCOc1ccc(-c2ccco2)nn1)c1cc(Cl)ccc1Cl. The number of hydrogen-bond acceptors (Lipinski definition) is 5. The van der Waals surface area contributed by atoms with Crippen LogP contribution in [0.1, 0.15) is 10.4 Å². The Morgan fingerprint density at radius 3 is 2.76 bits per heavy atom. The molecule has 0 aliphatic carbocycles. The van der Waals surface area contributed by atoms with Gasteiger partial charge < -0.3 is 14.5 Å². The summed E-state index contributed by atoms with van der Waals surface area (Å²) in [7, 11) is 0. The number of halogens is 2. The molecule has 0 atom stereocenters. The van der Waals surface area contributed by atoms with E-state index in [0.717, 1.165) is 0 Å². The highest BCUT2D eigenvalue weighted by molar-refractivity contribution is 6.35. The maximum absolute atomic E-state index is 12.1. The topological polar surface area (TPSA) is 77.2 Å². The zero-order valence-electron chi connectivity index (χ0n) is 12.9. The van der Waals surface area contributed by atoms with E-state index in [0.29, 0.717) is 32.9 Å². The van der Waals surface area contributed by atoms with E-state index >= 15 is 0 Å². The van der Waals surface area contributed by atoms with Crippen molar-refractivity contribution in [1.29, 1.82) is 0 Å². The second-order valence-electron chi connectivity index (χ2n) is 4.96. The molecule has 25 heavy (non-hydrogen) atoms. The molecule has 1 aromatic carbocycles. The van der Waals surface area contributed by atoms with E-state index in [9.17, 15) is 4.79 Å². The van der Waals surface area contributed by atoms with Crippen molar-refractivity contribution in [3.05, 3.63) is 64.3 Å². The number of rotatable bonds is 6. The first-order chi connectivity index (χ1) is 12.1. The van der Waals surface area contributed by atoms with Gasteiger partial charge in [-0.3, -0.25) is 4.79 Å². The summed E-state index contributed by atoms with van der Waals surface area (Å²) in [4.78, 5) is 12.1. The number of amides is 1. The zero-order valence-corrected chi connectivity index (χ0v) is 14.4. The third kappa shape index (κ3) is 4.49. The minimum Gasteiger partial charge on any atom is -0.475 e. The average molecular weight is 378 g/mol. The van der Waals surface area contributed by atoms with Crippen molar-refractivity contribution in [3.63, 3.8) is 0 Å². The van der Waals surface area contributed by atoms with Gasteiger partial charge in [-0.15, -0.1) is 10.2 Å². The maximum atomic E-state index is 12.1. The Bertz CT molecular complexity index is 852. The van der Waals surface area contributed by atoms with Crippen LogP contribution in [0.25, 0.3) is 11.5 Å². The van der Waals surface area contributed by atoms with Crippen LogP contribution < -0.4 is 10.1 Å². The van der Waals surface area contributed by atoms with Crippen molar-refractivity contribution >= 4 is 29.1 Å². The third-order valence-electron chi connectivity index (χ3n) is 3.22. The second-order valence-corrected chi connectivity index (χ2v) is 5.81. The highest BCUT2D eigenvalue weighted by atomic mass is 35.5. The summed E-state index contributed by atoms with van der Waals surface area (Å²) < 4.78 is 10.7. The third-order valence-corrected chi connectivity index (χ3v) is 3.79. The monoisotopic (exact) mass is 377 g/mol. The molecule has 0 aliphatic heterocycles. The van der Waals surface area contributed by atoms with Crippen LogP contribution in [0.15, 0.2) is 53.1 Å². The van der Waals surface area contributed by atoms with Gasteiger partial charge >= 0.3 is 0 Å². The number of hydrogen-bond donors (Lipinski definition) is 1. The summed E-state index contributed by atoms with van der Waals surface area (Å²) in [6, 6.07) is 11.7. The van der Waals surface area contributed by atoms with Crippen LogP contribution in [0.2, 0.25) is 10.0 Å². The Hall–Kier alpha value is -2.57. The molecule has 1 amide bonds. The fourth-order valence-electron chi connectivity index (χ4n) is 2.04. The number of aromatic nitrogens is 2. The van der Waals surface area contributed by atoms with E-state index in [-0.39, 0.29) is 19.1 Å². The van der Waals surface area contributed by atoms with Gasteiger partial charge in [0.15, 0.2) is 5.76 Å². The first-order valence-corrected chi connectivity index (χ1v) is 8.13. The molecule has 1 N–H and O–H groups in total. The lowest BCUT2D eigenvalue weighted by Gasteiger charge is -2.08. The van der Waals surface area contributed by atoms with E-state index in [1.807, 2.05) is 0 Å². The molecular formula is C17H13Cl2N3O3. The predicted molar refractivity (Wildman–Crippen MR) is 94.0 cm³/mol. The number of benzene rings is 1. The molecule has 128 valence electrons. The largest absolute Gasteiger partial charge is 0.475 e. The van der Waals surface area contributed by atoms with Crippen molar-refractivity contribution in [1.82, 2.24) is 15.5 Å². The molecule has 0 radical (unpaired) electrons. The molecule has 3 aromatic rings. The van der Waals surface area contributed by atoms with Crippen LogP contribution in [0, 0.1) is 0 Å². The van der Waals surface area contributed by atoms with Gasteiger partial charge in [0.1, 0.15) is 12.3 Å². The van der Waals surface area contributed by atoms with Crippen molar-refractivity contribution in [3.8, 4) is 17.3 Å². The molecule has 2 aromatic heterocycles. The van der Waals surface area contributed by atoms with Crippen LogP contribution in [0.4, 0.5) is 0 Å². The standard InChI is InChI=1S/C17H13Cl2N3O3/c18-11-3-4-13(19)12(10-11)17(23)20-7-9-25-16-6-5-14(21-22-16)15-2-1-8-24-15/h1-6,8,10H,7,9H2,(H,20,23). The summed E-state index contributed by atoms with van der Waals surface area (Å²) in [5.41, 5.74) is 0.929. The molecular weight excluding hydrogens is 365 g/mol. The van der Waals surface area contributed by atoms with Gasteiger partial charge in [-0.05, 0) is 36.4 Å². The number of ether oxygens (including phenoxy) is 1. The van der Waals surface area contributed by atoms with Crippen LogP contribution in [0.5, 0.6) is 5.88 Å². The molecule has 6 nitrogen and oxygen atoms in total. The smallest absolute Gasteiger partial charge is 0.252 e. The number of carbonyl (C=O) groups is 1. The highest BCUT2D eigenvalue weighted by Crippen LogP contribution is 2.20. The molecule has 3 rings (SSSR count). The Kier molecular flexibility index (Phi) is 5.53. The fraction of sp³-hybridized carbons (Fsp3) is 0.118. The second kappa shape index (κ2) is 8.00. The van der Waals surface area contributed by atoms with Gasteiger partial charge in [0.2, 0.25) is 5.88 Å². The van der Waals surface area contributed by atoms with Gasteiger partial charge in [0.05, 0.1) is 23.4 Å². The predicted octanol–water partition coefficient (Wildman–Crippen LogP) is 3.85. The molecule has 8 heteroatoms. The summed E-state index contributed by atoms with van der Waals surface area (Å²) in [6.45, 7) is 0.516. The van der Waals surface area contributed by atoms with Crippen molar-refractivity contribution in [2.75, 3.05) is 13.2 Å². The highest BCUT2D eigenvalue weighted by Gasteiger charge is 2.10. The van der Waals surface area contributed by atoms with E-state index in [2.05, 4.69) is 15.5 Å². The molecule has 0 saturated carbocycles. The van der Waals surface area contributed by atoms with Crippen molar-refractivity contribution in [2.24, 2.45) is 0 Å². The molecule has 0 unspecified atom stereocenters. The first-order valence-electron chi connectivity index (χ1n) is 7.37. The lowest BCUT2D eigenvalue weighted by Crippen LogP contribution is -2.28. The first kappa shape index (κ1) is 17.3. The summed E-state index contributed by atoms with van der Waals surface area (Å²) in [5.74, 6) is 0.658. The number of furan rings is 1.